The number of esters is 1. The topological polar surface area (TPSA) is 81.9 Å². The van der Waals surface area contributed by atoms with Gasteiger partial charge in [-0.1, -0.05) is 30.3 Å². The molecule has 0 saturated carbocycles. The summed E-state index contributed by atoms with van der Waals surface area (Å²) >= 11 is 0. The number of rotatable bonds is 3. The summed E-state index contributed by atoms with van der Waals surface area (Å²) in [5, 5.41) is 0. The molecule has 2 rings (SSSR count). The fraction of sp³-hybridized carbons (Fsp3) is 0.529. The van der Waals surface area contributed by atoms with Crippen molar-refractivity contribution in [2.24, 2.45) is 11.7 Å². The summed E-state index contributed by atoms with van der Waals surface area (Å²) in [5.74, 6) is -0.887. The van der Waals surface area contributed by atoms with Gasteiger partial charge in [-0.2, -0.15) is 0 Å². The molecule has 1 amide bonds. The molecule has 0 aliphatic carbocycles. The van der Waals surface area contributed by atoms with Crippen LogP contribution in [0.1, 0.15) is 32.8 Å². The van der Waals surface area contributed by atoms with E-state index in [1.54, 1.807) is 20.8 Å². The zero-order valence-corrected chi connectivity index (χ0v) is 13.8. The molecule has 1 aliphatic rings. The van der Waals surface area contributed by atoms with E-state index in [-0.39, 0.29) is 12.6 Å². The Bertz CT molecular complexity index is 553. The highest BCUT2D eigenvalue weighted by molar-refractivity contribution is 5.76. The van der Waals surface area contributed by atoms with Gasteiger partial charge in [0.05, 0.1) is 12.1 Å². The van der Waals surface area contributed by atoms with Gasteiger partial charge in [-0.05, 0) is 32.8 Å². The molecule has 6 heteroatoms. The zero-order valence-electron chi connectivity index (χ0n) is 13.8. The molecular formula is C17H24N2O4. The maximum absolute atomic E-state index is 12.2. The summed E-state index contributed by atoms with van der Waals surface area (Å²) in [7, 11) is 0. The van der Waals surface area contributed by atoms with Gasteiger partial charge < -0.3 is 15.2 Å². The van der Waals surface area contributed by atoms with Crippen molar-refractivity contribution in [3.05, 3.63) is 35.9 Å². The summed E-state index contributed by atoms with van der Waals surface area (Å²) in [6.45, 7) is 5.98. The number of ether oxygens (including phenoxy) is 2. The van der Waals surface area contributed by atoms with E-state index >= 15 is 0 Å². The van der Waals surface area contributed by atoms with Gasteiger partial charge in [-0.3, -0.25) is 9.69 Å². The molecule has 0 bridgehead atoms. The van der Waals surface area contributed by atoms with E-state index in [0.717, 1.165) is 5.56 Å². The Morgan fingerprint density at radius 1 is 1.26 bits per heavy atom. The average Bonchev–Trinajstić information content (AvgIpc) is 2.86. The molecule has 2 N–H and O–H groups in total. The van der Waals surface area contributed by atoms with Crippen molar-refractivity contribution in [3.63, 3.8) is 0 Å². The third-order valence-electron chi connectivity index (χ3n) is 3.60. The molecule has 1 aromatic carbocycles. The van der Waals surface area contributed by atoms with Crippen molar-refractivity contribution in [3.8, 4) is 0 Å². The monoisotopic (exact) mass is 320 g/mol. The van der Waals surface area contributed by atoms with E-state index in [1.807, 2.05) is 30.3 Å². The molecule has 0 spiro atoms. The molecule has 1 fully saturated rings. The summed E-state index contributed by atoms with van der Waals surface area (Å²) < 4.78 is 10.6. The van der Waals surface area contributed by atoms with Gasteiger partial charge in [0, 0.05) is 6.54 Å². The number of carbonyl (C=O) groups is 2. The van der Waals surface area contributed by atoms with Crippen LogP contribution in [0.15, 0.2) is 30.3 Å². The largest absolute Gasteiger partial charge is 0.460 e. The lowest BCUT2D eigenvalue weighted by molar-refractivity contribution is -0.160. The summed E-state index contributed by atoms with van der Waals surface area (Å²) in [6, 6.07) is 9.40. The average molecular weight is 320 g/mol. The third-order valence-corrected chi connectivity index (χ3v) is 3.60. The number of amides is 1. The van der Waals surface area contributed by atoms with E-state index < -0.39 is 23.8 Å². The maximum Gasteiger partial charge on any atom is 0.411 e. The smallest absolute Gasteiger partial charge is 0.411 e. The van der Waals surface area contributed by atoms with E-state index in [1.165, 1.54) is 4.90 Å². The molecule has 1 aliphatic heterocycles. The van der Waals surface area contributed by atoms with Crippen LogP contribution in [0.5, 0.6) is 0 Å². The van der Waals surface area contributed by atoms with Crippen LogP contribution in [-0.4, -0.2) is 35.3 Å². The van der Waals surface area contributed by atoms with Crippen molar-refractivity contribution in [1.82, 2.24) is 4.90 Å². The van der Waals surface area contributed by atoms with Gasteiger partial charge in [-0.15, -0.1) is 0 Å². The first-order valence-electron chi connectivity index (χ1n) is 7.74. The molecule has 1 unspecified atom stereocenters. The third kappa shape index (κ3) is 4.69. The van der Waals surface area contributed by atoms with Crippen LogP contribution in [0.2, 0.25) is 0 Å². The Kier molecular flexibility index (Phi) is 5.26. The van der Waals surface area contributed by atoms with Crippen LogP contribution in [0.3, 0.4) is 0 Å². The minimum absolute atomic E-state index is 0.181. The molecule has 1 aromatic rings. The number of nitrogens with two attached hydrogens (primary N) is 1. The highest BCUT2D eigenvalue weighted by Gasteiger charge is 2.41. The fourth-order valence-electron chi connectivity index (χ4n) is 2.47. The van der Waals surface area contributed by atoms with E-state index in [2.05, 4.69) is 0 Å². The minimum atomic E-state index is -0.715. The second-order valence-corrected chi connectivity index (χ2v) is 6.65. The highest BCUT2D eigenvalue weighted by atomic mass is 16.6. The highest BCUT2D eigenvalue weighted by Crippen LogP contribution is 2.25. The number of likely N-dealkylation sites (tertiary alicyclic amines) is 1. The van der Waals surface area contributed by atoms with Crippen molar-refractivity contribution in [1.29, 1.82) is 0 Å². The molecule has 1 saturated heterocycles. The predicted molar refractivity (Wildman–Crippen MR) is 85.3 cm³/mol. The minimum Gasteiger partial charge on any atom is -0.460 e. The Labute approximate surface area is 136 Å². The van der Waals surface area contributed by atoms with E-state index in [0.29, 0.717) is 13.0 Å². The zero-order chi connectivity index (χ0) is 17.0. The normalized spacial score (nSPS) is 21.1. The molecule has 0 radical (unpaired) electrons. The lowest BCUT2D eigenvalue weighted by Crippen LogP contribution is -2.47. The van der Waals surface area contributed by atoms with Gasteiger partial charge in [0.25, 0.3) is 0 Å². The first-order valence-corrected chi connectivity index (χ1v) is 7.74. The summed E-state index contributed by atoms with van der Waals surface area (Å²) in [4.78, 5) is 25.7. The first-order chi connectivity index (χ1) is 10.8. The Morgan fingerprint density at radius 2 is 1.91 bits per heavy atom. The molecule has 23 heavy (non-hydrogen) atoms. The van der Waals surface area contributed by atoms with Crippen LogP contribution in [0.4, 0.5) is 4.79 Å². The van der Waals surface area contributed by atoms with Crippen LogP contribution in [-0.2, 0) is 20.9 Å². The molecule has 126 valence electrons. The van der Waals surface area contributed by atoms with E-state index in [9.17, 15) is 9.59 Å². The van der Waals surface area contributed by atoms with Crippen molar-refractivity contribution >= 4 is 12.1 Å². The van der Waals surface area contributed by atoms with Crippen molar-refractivity contribution < 1.29 is 19.1 Å². The predicted octanol–water partition coefficient (Wildman–Crippen LogP) is 2.27. The molecule has 0 aromatic heterocycles. The Hall–Kier alpha value is -2.08. The number of hydrogen-bond acceptors (Lipinski definition) is 5. The maximum atomic E-state index is 12.2. The quantitative estimate of drug-likeness (QED) is 0.864. The lowest BCUT2D eigenvalue weighted by Gasteiger charge is -2.26. The molecule has 6 nitrogen and oxygen atoms in total. The molecular weight excluding hydrogens is 296 g/mol. The van der Waals surface area contributed by atoms with Crippen molar-refractivity contribution in [2.75, 3.05) is 6.54 Å². The standard InChI is InChI=1S/C17H24N2O4/c1-17(2,3)23-15(20)13-9-10-19(14(13)18)16(21)22-11-12-7-5-4-6-8-12/h4-8,13-14H,9-11,18H2,1-3H3/t13?,14-/m0/s1. The molecule has 1 heterocycles. The van der Waals surface area contributed by atoms with Gasteiger partial charge in [0.1, 0.15) is 12.2 Å². The van der Waals surface area contributed by atoms with Crippen molar-refractivity contribution in [2.45, 2.75) is 45.6 Å². The Balaban J connectivity index is 1.89. The SMILES string of the molecule is CC(C)(C)OC(=O)C1CCN(C(=O)OCc2ccccc2)[C@@H]1N. The summed E-state index contributed by atoms with van der Waals surface area (Å²) in [6.07, 6.45) is -0.739. The number of hydrogen-bond donors (Lipinski definition) is 1. The second-order valence-electron chi connectivity index (χ2n) is 6.65. The van der Waals surface area contributed by atoms with Gasteiger partial charge >= 0.3 is 12.1 Å². The van der Waals surface area contributed by atoms with Gasteiger partial charge in [0.2, 0.25) is 0 Å². The second kappa shape index (κ2) is 7.00. The number of nitrogens with zero attached hydrogens (tertiary/aromatic N) is 1. The number of benzene rings is 1. The van der Waals surface area contributed by atoms with Crippen LogP contribution >= 0.6 is 0 Å². The van der Waals surface area contributed by atoms with Crippen LogP contribution in [0.25, 0.3) is 0 Å². The summed E-state index contributed by atoms with van der Waals surface area (Å²) in [5.41, 5.74) is 6.37. The molecule has 2 atom stereocenters. The lowest BCUT2D eigenvalue weighted by atomic mass is 10.1. The van der Waals surface area contributed by atoms with Crippen LogP contribution < -0.4 is 5.73 Å². The van der Waals surface area contributed by atoms with E-state index in [4.69, 9.17) is 15.2 Å². The van der Waals surface area contributed by atoms with Crippen LogP contribution in [0, 0.1) is 5.92 Å². The van der Waals surface area contributed by atoms with Gasteiger partial charge in [-0.25, -0.2) is 4.79 Å². The number of carbonyl (C=O) groups excluding carboxylic acids is 2. The Morgan fingerprint density at radius 3 is 2.52 bits per heavy atom. The van der Waals surface area contributed by atoms with Gasteiger partial charge in [0.15, 0.2) is 0 Å². The first kappa shape index (κ1) is 17.3. The fourth-order valence-corrected chi connectivity index (χ4v) is 2.47.